The summed E-state index contributed by atoms with van der Waals surface area (Å²) < 4.78 is 18.0. The number of carbonyl (C=O) groups excluding carboxylic acids is 1. The van der Waals surface area contributed by atoms with E-state index in [2.05, 4.69) is 10.5 Å². The van der Waals surface area contributed by atoms with Gasteiger partial charge in [-0.05, 0) is 29.8 Å². The number of benzene rings is 2. The Morgan fingerprint density at radius 2 is 2.04 bits per heavy atom. The lowest BCUT2D eigenvalue weighted by Crippen LogP contribution is -2.24. The summed E-state index contributed by atoms with van der Waals surface area (Å²) in [5, 5.41) is 14.2. The highest BCUT2D eigenvalue weighted by Crippen LogP contribution is 2.12. The molecule has 0 saturated heterocycles. The summed E-state index contributed by atoms with van der Waals surface area (Å²) in [7, 11) is 0. The van der Waals surface area contributed by atoms with Gasteiger partial charge in [0.25, 0.3) is 11.6 Å². The Labute approximate surface area is 130 Å². The number of carbonyl (C=O) groups is 1. The maximum Gasteiger partial charge on any atom is 0.277 e. The molecule has 1 amide bonds. The number of nitro groups is 1. The molecule has 0 aliphatic rings. The van der Waals surface area contributed by atoms with E-state index in [0.717, 1.165) is 6.07 Å². The molecule has 8 heteroatoms. The minimum atomic E-state index is -0.521. The molecule has 0 unspecified atom stereocenters. The van der Waals surface area contributed by atoms with Crippen molar-refractivity contribution in [1.29, 1.82) is 0 Å². The van der Waals surface area contributed by atoms with E-state index in [0.29, 0.717) is 5.56 Å². The van der Waals surface area contributed by atoms with Crippen LogP contribution in [0.25, 0.3) is 0 Å². The molecule has 2 aromatic carbocycles. The quantitative estimate of drug-likeness (QED) is 0.502. The molecule has 0 fully saturated rings. The van der Waals surface area contributed by atoms with Crippen LogP contribution in [0.4, 0.5) is 10.1 Å². The highest BCUT2D eigenvalue weighted by molar-refractivity contribution is 5.83. The molecular formula is C15H12FN3O4. The van der Waals surface area contributed by atoms with E-state index in [1.54, 1.807) is 0 Å². The van der Waals surface area contributed by atoms with Crippen LogP contribution in [-0.2, 0) is 4.79 Å². The monoisotopic (exact) mass is 317 g/mol. The highest BCUT2D eigenvalue weighted by atomic mass is 19.1. The van der Waals surface area contributed by atoms with Crippen molar-refractivity contribution in [2.75, 3.05) is 6.61 Å². The molecule has 118 valence electrons. The minimum Gasteiger partial charge on any atom is -0.484 e. The molecule has 0 spiro atoms. The molecule has 2 rings (SSSR count). The smallest absolute Gasteiger partial charge is 0.277 e. The van der Waals surface area contributed by atoms with Gasteiger partial charge in [-0.2, -0.15) is 5.10 Å². The van der Waals surface area contributed by atoms with Crippen LogP contribution in [0, 0.1) is 15.9 Å². The zero-order valence-electron chi connectivity index (χ0n) is 11.8. The first kappa shape index (κ1) is 16.1. The van der Waals surface area contributed by atoms with E-state index >= 15 is 0 Å². The van der Waals surface area contributed by atoms with Crippen LogP contribution in [0.3, 0.4) is 0 Å². The number of hydrogen-bond acceptors (Lipinski definition) is 5. The largest absolute Gasteiger partial charge is 0.484 e. The predicted octanol–water partition coefficient (Wildman–Crippen LogP) is 2.26. The Kier molecular flexibility index (Phi) is 5.35. The summed E-state index contributed by atoms with van der Waals surface area (Å²) >= 11 is 0. The number of hydrogen-bond donors (Lipinski definition) is 1. The van der Waals surface area contributed by atoms with Gasteiger partial charge in [0, 0.05) is 18.2 Å². The molecule has 0 radical (unpaired) electrons. The predicted molar refractivity (Wildman–Crippen MR) is 80.7 cm³/mol. The summed E-state index contributed by atoms with van der Waals surface area (Å²) in [5.74, 6) is -0.744. The molecule has 2 aromatic rings. The van der Waals surface area contributed by atoms with Crippen LogP contribution in [0.2, 0.25) is 0 Å². The topological polar surface area (TPSA) is 93.8 Å². The maximum atomic E-state index is 12.9. The third-order valence-corrected chi connectivity index (χ3v) is 2.67. The van der Waals surface area contributed by atoms with Crippen LogP contribution < -0.4 is 10.2 Å². The molecule has 0 aliphatic carbocycles. The third-order valence-electron chi connectivity index (χ3n) is 2.67. The van der Waals surface area contributed by atoms with Crippen molar-refractivity contribution in [2.24, 2.45) is 5.10 Å². The van der Waals surface area contributed by atoms with Crippen LogP contribution >= 0.6 is 0 Å². The van der Waals surface area contributed by atoms with E-state index in [4.69, 9.17) is 4.74 Å². The number of nitro benzene ring substituents is 1. The van der Waals surface area contributed by atoms with Crippen molar-refractivity contribution in [1.82, 2.24) is 5.43 Å². The van der Waals surface area contributed by atoms with Gasteiger partial charge in [0.2, 0.25) is 0 Å². The number of rotatable bonds is 6. The van der Waals surface area contributed by atoms with Gasteiger partial charge >= 0.3 is 0 Å². The fourth-order valence-electron chi connectivity index (χ4n) is 1.60. The fourth-order valence-corrected chi connectivity index (χ4v) is 1.60. The number of nitrogens with zero attached hydrogens (tertiary/aromatic N) is 2. The SMILES string of the molecule is O=C(COc1cccc(F)c1)N/N=C\c1ccc([N+](=O)[O-])cc1. The average Bonchev–Trinajstić information content (AvgIpc) is 2.53. The van der Waals surface area contributed by atoms with E-state index < -0.39 is 16.6 Å². The molecule has 0 bridgehead atoms. The van der Waals surface area contributed by atoms with Gasteiger partial charge < -0.3 is 4.74 Å². The van der Waals surface area contributed by atoms with E-state index in [-0.39, 0.29) is 18.0 Å². The Bertz CT molecular complexity index is 732. The number of nitrogens with one attached hydrogen (secondary N) is 1. The number of hydrazone groups is 1. The summed E-state index contributed by atoms with van der Waals surface area (Å²) in [4.78, 5) is 21.5. The summed E-state index contributed by atoms with van der Waals surface area (Å²) in [6.07, 6.45) is 1.34. The Morgan fingerprint density at radius 3 is 2.70 bits per heavy atom. The van der Waals surface area contributed by atoms with Crippen LogP contribution in [0.5, 0.6) is 5.75 Å². The van der Waals surface area contributed by atoms with Gasteiger partial charge in [-0.15, -0.1) is 0 Å². The van der Waals surface area contributed by atoms with Crippen molar-refractivity contribution in [3.8, 4) is 5.75 Å². The zero-order valence-corrected chi connectivity index (χ0v) is 11.8. The molecule has 1 N–H and O–H groups in total. The lowest BCUT2D eigenvalue weighted by molar-refractivity contribution is -0.384. The molecule has 0 heterocycles. The minimum absolute atomic E-state index is 0.0327. The van der Waals surface area contributed by atoms with Crippen molar-refractivity contribution in [2.45, 2.75) is 0 Å². The van der Waals surface area contributed by atoms with Gasteiger partial charge in [-0.1, -0.05) is 6.07 Å². The molecule has 7 nitrogen and oxygen atoms in total. The second-order valence-electron chi connectivity index (χ2n) is 4.39. The van der Waals surface area contributed by atoms with Crippen LogP contribution in [0.1, 0.15) is 5.56 Å². The molecule has 0 saturated carbocycles. The lowest BCUT2D eigenvalue weighted by atomic mass is 10.2. The van der Waals surface area contributed by atoms with Crippen molar-refractivity contribution >= 4 is 17.8 Å². The maximum absolute atomic E-state index is 12.9. The second-order valence-corrected chi connectivity index (χ2v) is 4.39. The standard InChI is InChI=1S/C15H12FN3O4/c16-12-2-1-3-14(8-12)23-10-15(20)18-17-9-11-4-6-13(7-5-11)19(21)22/h1-9H,10H2,(H,18,20)/b17-9-. The molecule has 0 aliphatic heterocycles. The Morgan fingerprint density at radius 1 is 1.30 bits per heavy atom. The first-order chi connectivity index (χ1) is 11.0. The number of amides is 1. The van der Waals surface area contributed by atoms with Crippen LogP contribution in [-0.4, -0.2) is 23.7 Å². The number of non-ortho nitro benzene ring substituents is 1. The lowest BCUT2D eigenvalue weighted by Gasteiger charge is -2.04. The van der Waals surface area contributed by atoms with Gasteiger partial charge in [0.05, 0.1) is 11.1 Å². The van der Waals surface area contributed by atoms with Crippen molar-refractivity contribution < 1.29 is 18.8 Å². The molecular weight excluding hydrogens is 305 g/mol. The highest BCUT2D eigenvalue weighted by Gasteiger charge is 2.04. The van der Waals surface area contributed by atoms with Crippen LogP contribution in [0.15, 0.2) is 53.6 Å². The third kappa shape index (κ3) is 5.20. The fraction of sp³-hybridized carbons (Fsp3) is 0.0667. The normalized spacial score (nSPS) is 10.5. The molecule has 23 heavy (non-hydrogen) atoms. The number of halogens is 1. The molecule has 0 aromatic heterocycles. The van der Waals surface area contributed by atoms with Gasteiger partial charge in [-0.3, -0.25) is 14.9 Å². The Balaban J connectivity index is 1.80. The Hall–Kier alpha value is -3.29. The van der Waals surface area contributed by atoms with E-state index in [9.17, 15) is 19.3 Å². The number of ether oxygens (including phenoxy) is 1. The van der Waals surface area contributed by atoms with E-state index in [1.165, 1.54) is 48.7 Å². The van der Waals surface area contributed by atoms with Crippen molar-refractivity contribution in [3.05, 3.63) is 70.0 Å². The van der Waals surface area contributed by atoms with E-state index in [1.807, 2.05) is 0 Å². The van der Waals surface area contributed by atoms with Gasteiger partial charge in [0.1, 0.15) is 11.6 Å². The first-order valence-corrected chi connectivity index (χ1v) is 6.49. The summed E-state index contributed by atoms with van der Waals surface area (Å²) in [5.41, 5.74) is 2.78. The summed E-state index contributed by atoms with van der Waals surface area (Å²) in [6, 6.07) is 11.1. The van der Waals surface area contributed by atoms with Crippen molar-refractivity contribution in [3.63, 3.8) is 0 Å². The van der Waals surface area contributed by atoms with Gasteiger partial charge in [0.15, 0.2) is 6.61 Å². The molecule has 0 atom stereocenters. The second kappa shape index (κ2) is 7.64. The average molecular weight is 317 g/mol. The first-order valence-electron chi connectivity index (χ1n) is 6.49. The summed E-state index contributed by atoms with van der Waals surface area (Å²) in [6.45, 7) is -0.318. The van der Waals surface area contributed by atoms with Gasteiger partial charge in [-0.25, -0.2) is 9.82 Å². The zero-order chi connectivity index (χ0) is 16.7.